The van der Waals surface area contributed by atoms with Crippen molar-refractivity contribution in [3.63, 3.8) is 0 Å². The predicted molar refractivity (Wildman–Crippen MR) is 329 cm³/mol. The van der Waals surface area contributed by atoms with Crippen molar-refractivity contribution in [3.8, 4) is 66.8 Å². The van der Waals surface area contributed by atoms with E-state index in [2.05, 4.69) is 294 Å². The van der Waals surface area contributed by atoms with Crippen LogP contribution < -0.4 is 0 Å². The van der Waals surface area contributed by atoms with Crippen LogP contribution in [-0.4, -0.2) is 0 Å². The van der Waals surface area contributed by atoms with Gasteiger partial charge in [-0.3, -0.25) is 0 Å². The number of rotatable bonds is 8. The fourth-order valence-electron chi connectivity index (χ4n) is 14.2. The Morgan fingerprint density at radius 2 is 0.595 bits per heavy atom. The summed E-state index contributed by atoms with van der Waals surface area (Å²) in [5.74, 6) is 0.414. The van der Waals surface area contributed by atoms with Crippen molar-refractivity contribution in [3.05, 3.63) is 356 Å². The number of benzene rings is 12. The Hall–Kier alpha value is -9.36. The Morgan fingerprint density at radius 3 is 1.16 bits per heavy atom. The minimum atomic E-state index is 0.0836. The standard InChI is InChI=1S/C79H58/c1-49-31-37-70-72(42-49)63-25-13-14-26-64(63)77(70)69-38-36-57(58-40-50(2)39-51(3)41-58)46-71(69)62-44-59(52-19-7-4-8-20-52)43-60(45-62)53-32-34-54(35-33-53)61-47-73-75(55-21-9-5-10-22-55)65-27-15-17-29-67(65)78-68-30-18-16-28-66(68)76(74(48-61)79(73)78)56-23-11-6-12-24-56/h4-48,75-78H,1-3H3. The van der Waals surface area contributed by atoms with E-state index in [1.807, 2.05) is 0 Å². The van der Waals surface area contributed by atoms with Crippen LogP contribution in [0.4, 0.5) is 0 Å². The van der Waals surface area contributed by atoms with Crippen molar-refractivity contribution in [1.29, 1.82) is 0 Å². The molecule has 0 spiro atoms. The molecule has 3 atom stereocenters. The summed E-state index contributed by atoms with van der Waals surface area (Å²) >= 11 is 0. The molecule has 12 aromatic carbocycles. The zero-order valence-corrected chi connectivity index (χ0v) is 44.8. The van der Waals surface area contributed by atoms with Gasteiger partial charge in [-0.05, 0) is 191 Å². The molecule has 0 heteroatoms. The minimum Gasteiger partial charge on any atom is -0.0622 e. The SMILES string of the molecule is Cc1cc(C)cc(-c2ccc(C3c4ccccc4-c4cc(C)ccc43)c(-c3cc(-c4ccccc4)cc(-c4ccc(-c5cc6c7c(c5)C(c5ccccc5)c5ccccc5C7c5ccccc5C6c5ccccc5)cc4)c3)c2)c1. The third-order valence-electron chi connectivity index (χ3n) is 17.6. The van der Waals surface area contributed by atoms with Gasteiger partial charge in [0.05, 0.1) is 0 Å². The molecule has 0 amide bonds. The maximum atomic E-state index is 2.55. The Labute approximate surface area is 465 Å². The van der Waals surface area contributed by atoms with Crippen LogP contribution in [0.3, 0.4) is 0 Å². The normalized spacial score (nSPS) is 16.3. The number of hydrogen-bond acceptors (Lipinski definition) is 0. The van der Waals surface area contributed by atoms with Gasteiger partial charge < -0.3 is 0 Å². The lowest BCUT2D eigenvalue weighted by molar-refractivity contribution is 0.754. The Morgan fingerprint density at radius 1 is 0.190 bits per heavy atom. The molecule has 0 nitrogen and oxygen atoms in total. The highest BCUT2D eigenvalue weighted by atomic mass is 14.4. The second kappa shape index (κ2) is 19.0. The third-order valence-corrected chi connectivity index (χ3v) is 17.6. The Balaban J connectivity index is 0.914. The van der Waals surface area contributed by atoms with Crippen molar-refractivity contribution >= 4 is 0 Å². The second-order valence-electron chi connectivity index (χ2n) is 22.5. The molecule has 79 heavy (non-hydrogen) atoms. The molecule has 0 heterocycles. The molecule has 0 aromatic heterocycles. The summed E-state index contributed by atoms with van der Waals surface area (Å²) in [5, 5.41) is 0. The van der Waals surface area contributed by atoms with Gasteiger partial charge in [0.15, 0.2) is 0 Å². The van der Waals surface area contributed by atoms with Crippen molar-refractivity contribution in [2.24, 2.45) is 0 Å². The smallest absolute Gasteiger partial charge is 0.0358 e. The molecule has 12 aromatic rings. The van der Waals surface area contributed by atoms with E-state index < -0.39 is 0 Å². The fraction of sp³-hybridized carbons (Fsp3) is 0.0886. The van der Waals surface area contributed by atoms with Crippen LogP contribution in [-0.2, 0) is 0 Å². The topological polar surface area (TPSA) is 0 Å². The Kier molecular flexibility index (Phi) is 11.3. The summed E-state index contributed by atoms with van der Waals surface area (Å²) in [5.41, 5.74) is 35.3. The first kappa shape index (κ1) is 46.9. The molecule has 3 aliphatic carbocycles. The van der Waals surface area contributed by atoms with Gasteiger partial charge in [0, 0.05) is 23.7 Å². The molecule has 0 bridgehead atoms. The zero-order valence-electron chi connectivity index (χ0n) is 44.8. The van der Waals surface area contributed by atoms with Crippen molar-refractivity contribution in [2.45, 2.75) is 44.4 Å². The van der Waals surface area contributed by atoms with Gasteiger partial charge in [-0.1, -0.05) is 253 Å². The number of fused-ring (bicyclic) bond motifs is 7. The molecule has 15 rings (SSSR count). The second-order valence-corrected chi connectivity index (χ2v) is 22.5. The van der Waals surface area contributed by atoms with Crippen LogP contribution in [0.15, 0.2) is 273 Å². The molecule has 0 saturated carbocycles. The van der Waals surface area contributed by atoms with Gasteiger partial charge in [0.2, 0.25) is 0 Å². The monoisotopic (exact) mass is 1010 g/mol. The van der Waals surface area contributed by atoms with E-state index in [0.29, 0.717) is 0 Å². The van der Waals surface area contributed by atoms with E-state index in [0.717, 1.165) is 0 Å². The largest absolute Gasteiger partial charge is 0.0622 e. The van der Waals surface area contributed by atoms with Gasteiger partial charge in [0.25, 0.3) is 0 Å². The number of hydrogen-bond donors (Lipinski definition) is 0. The van der Waals surface area contributed by atoms with E-state index in [1.165, 1.54) is 150 Å². The average molecular weight is 1010 g/mol. The highest BCUT2D eigenvalue weighted by Gasteiger charge is 2.42. The third kappa shape index (κ3) is 7.96. The van der Waals surface area contributed by atoms with E-state index in [9.17, 15) is 0 Å². The van der Waals surface area contributed by atoms with Crippen LogP contribution in [0, 0.1) is 20.8 Å². The van der Waals surface area contributed by atoms with Gasteiger partial charge in [0.1, 0.15) is 0 Å². The first-order chi connectivity index (χ1) is 38.9. The summed E-state index contributed by atoms with van der Waals surface area (Å²) in [7, 11) is 0. The van der Waals surface area contributed by atoms with Crippen molar-refractivity contribution in [1.82, 2.24) is 0 Å². The highest BCUT2D eigenvalue weighted by Crippen LogP contribution is 2.58. The van der Waals surface area contributed by atoms with Gasteiger partial charge in [-0.15, -0.1) is 0 Å². The van der Waals surface area contributed by atoms with E-state index in [4.69, 9.17) is 0 Å². The van der Waals surface area contributed by atoms with Gasteiger partial charge in [-0.25, -0.2) is 0 Å². The molecule has 0 N–H and O–H groups in total. The molecule has 374 valence electrons. The van der Waals surface area contributed by atoms with Crippen LogP contribution in [0.1, 0.15) is 107 Å². The maximum absolute atomic E-state index is 2.55. The first-order valence-electron chi connectivity index (χ1n) is 28.1. The summed E-state index contributed by atoms with van der Waals surface area (Å²) in [6, 6.07) is 104. The molecular formula is C79H58. The molecule has 0 aliphatic heterocycles. The highest BCUT2D eigenvalue weighted by molar-refractivity contribution is 5.89. The summed E-state index contributed by atoms with van der Waals surface area (Å²) < 4.78 is 0. The molecule has 0 radical (unpaired) electrons. The van der Waals surface area contributed by atoms with Crippen LogP contribution in [0.25, 0.3) is 66.8 Å². The van der Waals surface area contributed by atoms with Gasteiger partial charge in [-0.2, -0.15) is 0 Å². The lowest BCUT2D eigenvalue weighted by Gasteiger charge is -2.42. The molecule has 0 fully saturated rings. The predicted octanol–water partition coefficient (Wildman–Crippen LogP) is 20.3. The van der Waals surface area contributed by atoms with E-state index >= 15 is 0 Å². The minimum absolute atomic E-state index is 0.0836. The van der Waals surface area contributed by atoms with Crippen LogP contribution in [0.2, 0.25) is 0 Å². The number of aryl methyl sites for hydroxylation is 3. The summed E-state index contributed by atoms with van der Waals surface area (Å²) in [6.07, 6.45) is 0. The summed E-state index contributed by atoms with van der Waals surface area (Å²) in [4.78, 5) is 0. The summed E-state index contributed by atoms with van der Waals surface area (Å²) in [6.45, 7) is 6.63. The maximum Gasteiger partial charge on any atom is 0.0358 e. The zero-order chi connectivity index (χ0) is 52.7. The van der Waals surface area contributed by atoms with Crippen molar-refractivity contribution < 1.29 is 0 Å². The molecule has 3 aliphatic rings. The van der Waals surface area contributed by atoms with Gasteiger partial charge >= 0.3 is 0 Å². The first-order valence-corrected chi connectivity index (χ1v) is 28.1. The average Bonchev–Trinajstić information content (AvgIpc) is 3.20. The lowest BCUT2D eigenvalue weighted by Crippen LogP contribution is -2.27. The fourth-order valence-corrected chi connectivity index (χ4v) is 14.2. The lowest BCUT2D eigenvalue weighted by atomic mass is 9.60. The van der Waals surface area contributed by atoms with Crippen molar-refractivity contribution in [2.75, 3.05) is 0 Å². The van der Waals surface area contributed by atoms with Crippen LogP contribution >= 0.6 is 0 Å². The molecule has 0 saturated heterocycles. The quantitative estimate of drug-likeness (QED) is 0.142. The Bertz CT molecular complexity index is 4200. The molecule has 3 unspecified atom stereocenters. The van der Waals surface area contributed by atoms with Crippen LogP contribution in [0.5, 0.6) is 0 Å². The van der Waals surface area contributed by atoms with E-state index in [-0.39, 0.29) is 23.7 Å². The van der Waals surface area contributed by atoms with E-state index in [1.54, 1.807) is 0 Å². The molecular weight excluding hydrogens is 949 g/mol.